The van der Waals surface area contributed by atoms with Crippen LogP contribution >= 0.6 is 35.2 Å². The van der Waals surface area contributed by atoms with Gasteiger partial charge in [0.2, 0.25) is 0 Å². The van der Waals surface area contributed by atoms with Crippen molar-refractivity contribution < 1.29 is 0 Å². The molecule has 0 fully saturated rings. The summed E-state index contributed by atoms with van der Waals surface area (Å²) < 4.78 is 0. The highest BCUT2D eigenvalue weighted by Crippen LogP contribution is 2.11. The lowest BCUT2D eigenvalue weighted by atomic mass is 10.6. The van der Waals surface area contributed by atoms with Crippen LogP contribution in [-0.4, -0.2) is 16.3 Å². The second kappa shape index (κ2) is 4.35. The van der Waals surface area contributed by atoms with Gasteiger partial charge in [0.1, 0.15) is 5.15 Å². The van der Waals surface area contributed by atoms with Crippen molar-refractivity contribution in [2.75, 3.05) is 0 Å². The number of hydrazone groups is 1. The third kappa shape index (κ3) is 3.13. The lowest BCUT2D eigenvalue weighted by Gasteiger charge is -1.91. The minimum absolute atomic E-state index is 0.0512. The first kappa shape index (κ1) is 10.2. The van der Waals surface area contributed by atoms with Crippen LogP contribution in [0.2, 0.25) is 5.15 Å². The molecule has 0 saturated heterocycles. The van der Waals surface area contributed by atoms with Gasteiger partial charge in [-0.3, -0.25) is 10.2 Å². The molecule has 0 amide bonds. The number of hydrogen-bond donors (Lipinski definition) is 3. The van der Waals surface area contributed by atoms with Crippen LogP contribution in [-0.2, 0) is 0 Å². The van der Waals surface area contributed by atoms with E-state index in [-0.39, 0.29) is 15.1 Å². The maximum absolute atomic E-state index is 10.8. The Morgan fingerprint density at radius 1 is 1.85 bits per heavy atom. The molecule has 0 aliphatic carbocycles. The molecule has 0 radical (unpaired) electrons. The van der Waals surface area contributed by atoms with E-state index >= 15 is 0 Å². The molecular weight excluding hydrogens is 232 g/mol. The summed E-state index contributed by atoms with van der Waals surface area (Å²) in [5, 5.41) is 3.95. The molecule has 1 aromatic rings. The molecule has 1 heterocycles. The Kier molecular flexibility index (Phi) is 3.40. The molecule has 8 heteroatoms. The number of H-pyrrole nitrogens is 1. The molecule has 0 saturated carbocycles. The number of nitrogens with zero attached hydrogens (tertiary/aromatic N) is 1. The van der Waals surface area contributed by atoms with Gasteiger partial charge in [0.05, 0.1) is 11.1 Å². The zero-order chi connectivity index (χ0) is 9.84. The number of nitrogens with two attached hydrogens (primary N) is 1. The van der Waals surface area contributed by atoms with E-state index in [0.717, 1.165) is 11.3 Å². The number of nitrogens with one attached hydrogen (secondary N) is 2. The molecule has 0 unspecified atom stereocenters. The highest BCUT2D eigenvalue weighted by molar-refractivity contribution is 7.80. The lowest BCUT2D eigenvalue weighted by Crippen LogP contribution is -2.23. The number of rotatable bonds is 2. The quantitative estimate of drug-likeness (QED) is 0.391. The fraction of sp³-hybridized carbons (Fsp3) is 0. The van der Waals surface area contributed by atoms with Crippen LogP contribution in [0.25, 0.3) is 0 Å². The Morgan fingerprint density at radius 2 is 2.54 bits per heavy atom. The fourth-order valence-corrected chi connectivity index (χ4v) is 1.52. The predicted molar refractivity (Wildman–Crippen MR) is 57.5 cm³/mol. The van der Waals surface area contributed by atoms with Crippen molar-refractivity contribution in [1.29, 1.82) is 0 Å². The van der Waals surface area contributed by atoms with Crippen molar-refractivity contribution >= 4 is 46.5 Å². The Balaban J connectivity index is 2.74. The Morgan fingerprint density at radius 3 is 3.00 bits per heavy atom. The maximum Gasteiger partial charge on any atom is 0.306 e. The first-order valence-electron chi connectivity index (χ1n) is 3.06. The summed E-state index contributed by atoms with van der Waals surface area (Å²) in [6.45, 7) is 0. The molecule has 0 bridgehead atoms. The largest absolute Gasteiger partial charge is 0.375 e. The minimum Gasteiger partial charge on any atom is -0.375 e. The van der Waals surface area contributed by atoms with Gasteiger partial charge in [0.25, 0.3) is 0 Å². The van der Waals surface area contributed by atoms with Crippen molar-refractivity contribution in [1.82, 2.24) is 10.4 Å². The number of thiocarbonyl (C=S) groups is 1. The molecule has 1 rings (SSSR count). The summed E-state index contributed by atoms with van der Waals surface area (Å²) in [6, 6.07) is 0. The van der Waals surface area contributed by atoms with E-state index in [1.54, 1.807) is 0 Å². The summed E-state index contributed by atoms with van der Waals surface area (Å²) in [6.07, 6.45) is 1.37. The van der Waals surface area contributed by atoms with Gasteiger partial charge >= 0.3 is 4.87 Å². The average Bonchev–Trinajstić information content (AvgIpc) is 2.29. The number of aromatic amines is 1. The molecule has 0 aliphatic rings. The maximum atomic E-state index is 10.8. The van der Waals surface area contributed by atoms with Gasteiger partial charge in [-0.05, 0) is 12.2 Å². The number of thiazole rings is 1. The van der Waals surface area contributed by atoms with E-state index in [2.05, 4.69) is 27.7 Å². The molecule has 4 N–H and O–H groups in total. The van der Waals surface area contributed by atoms with Crippen molar-refractivity contribution in [2.45, 2.75) is 0 Å². The number of hydrogen-bond acceptors (Lipinski definition) is 4. The normalized spacial score (nSPS) is 10.5. The summed E-state index contributed by atoms with van der Waals surface area (Å²) in [5.41, 5.74) is 7.45. The van der Waals surface area contributed by atoms with Gasteiger partial charge in [-0.1, -0.05) is 22.9 Å². The van der Waals surface area contributed by atoms with Crippen LogP contribution in [0.15, 0.2) is 9.90 Å². The topological polar surface area (TPSA) is 83.3 Å². The van der Waals surface area contributed by atoms with Crippen molar-refractivity contribution in [3.63, 3.8) is 0 Å². The zero-order valence-corrected chi connectivity index (χ0v) is 8.59. The molecule has 1 aromatic heterocycles. The van der Waals surface area contributed by atoms with Crippen LogP contribution in [0, 0.1) is 0 Å². The van der Waals surface area contributed by atoms with E-state index in [0.29, 0.717) is 4.88 Å². The Labute approximate surface area is 87.6 Å². The van der Waals surface area contributed by atoms with E-state index in [4.69, 9.17) is 17.3 Å². The van der Waals surface area contributed by atoms with E-state index < -0.39 is 0 Å². The van der Waals surface area contributed by atoms with Gasteiger partial charge in [-0.15, -0.1) is 0 Å². The molecule has 0 aliphatic heterocycles. The second-order valence-electron chi connectivity index (χ2n) is 1.93. The van der Waals surface area contributed by atoms with Gasteiger partial charge in [-0.2, -0.15) is 5.10 Å². The number of halogens is 1. The fourth-order valence-electron chi connectivity index (χ4n) is 0.559. The molecule has 0 aromatic carbocycles. The SMILES string of the molecule is NC(=S)N/N=C/c1sc(=O)[nH]c1Cl. The van der Waals surface area contributed by atoms with Crippen molar-refractivity contribution in [3.05, 3.63) is 19.7 Å². The predicted octanol–water partition coefficient (Wildman–Crippen LogP) is 0.257. The van der Waals surface area contributed by atoms with Gasteiger partial charge in [0.15, 0.2) is 5.11 Å². The van der Waals surface area contributed by atoms with E-state index in [9.17, 15) is 4.79 Å². The summed E-state index contributed by atoms with van der Waals surface area (Å²) in [7, 11) is 0. The van der Waals surface area contributed by atoms with Crippen LogP contribution in [0.4, 0.5) is 0 Å². The van der Waals surface area contributed by atoms with Crippen LogP contribution in [0.1, 0.15) is 4.88 Å². The van der Waals surface area contributed by atoms with Gasteiger partial charge < -0.3 is 10.7 Å². The zero-order valence-electron chi connectivity index (χ0n) is 6.20. The monoisotopic (exact) mass is 236 g/mol. The molecular formula is C5H5ClN4OS2. The van der Waals surface area contributed by atoms with Crippen molar-refractivity contribution in [3.8, 4) is 0 Å². The van der Waals surface area contributed by atoms with Gasteiger partial charge in [-0.25, -0.2) is 0 Å². The first-order valence-corrected chi connectivity index (χ1v) is 4.67. The van der Waals surface area contributed by atoms with E-state index in [1.165, 1.54) is 6.21 Å². The minimum atomic E-state index is -0.234. The van der Waals surface area contributed by atoms with Gasteiger partial charge in [0, 0.05) is 0 Å². The molecule has 70 valence electrons. The number of aromatic nitrogens is 1. The van der Waals surface area contributed by atoms with Crippen LogP contribution in [0.5, 0.6) is 0 Å². The summed E-state index contributed by atoms with van der Waals surface area (Å²) >= 11 is 11.1. The second-order valence-corrected chi connectivity index (χ2v) is 3.76. The average molecular weight is 237 g/mol. The highest BCUT2D eigenvalue weighted by atomic mass is 35.5. The third-order valence-corrected chi connectivity index (χ3v) is 2.31. The lowest BCUT2D eigenvalue weighted by molar-refractivity contribution is 1.04. The highest BCUT2D eigenvalue weighted by Gasteiger charge is 2.01. The standard InChI is InChI=1S/C5H5ClN4OS2/c6-3-2(13-5(11)9-3)1-8-10-4(7)12/h1H,(H,9,11)(H3,7,10,12)/b8-1+. The van der Waals surface area contributed by atoms with E-state index in [1.807, 2.05) is 0 Å². The molecule has 5 nitrogen and oxygen atoms in total. The smallest absolute Gasteiger partial charge is 0.306 e. The summed E-state index contributed by atoms with van der Waals surface area (Å²) in [5.74, 6) is 0. The van der Waals surface area contributed by atoms with Crippen LogP contribution in [0.3, 0.4) is 0 Å². The molecule has 0 spiro atoms. The molecule has 0 atom stereocenters. The third-order valence-electron chi connectivity index (χ3n) is 0.987. The Bertz CT molecular complexity index is 395. The van der Waals surface area contributed by atoms with Crippen LogP contribution < -0.4 is 16.0 Å². The first-order chi connectivity index (χ1) is 6.09. The van der Waals surface area contributed by atoms with Crippen molar-refractivity contribution in [2.24, 2.45) is 10.8 Å². The summed E-state index contributed by atoms with van der Waals surface area (Å²) in [4.78, 5) is 13.4. The molecule has 13 heavy (non-hydrogen) atoms. The Hall–Kier alpha value is -0.920.